The predicted octanol–water partition coefficient (Wildman–Crippen LogP) is 5.57. The van der Waals surface area contributed by atoms with E-state index in [1.165, 1.54) is 12.1 Å². The maximum Gasteiger partial charge on any atom is 0.159 e. The van der Waals surface area contributed by atoms with Gasteiger partial charge in [-0.3, -0.25) is 0 Å². The molecule has 0 aliphatic rings. The van der Waals surface area contributed by atoms with Gasteiger partial charge in [0.05, 0.1) is 12.5 Å². The highest BCUT2D eigenvalue weighted by Crippen LogP contribution is 2.36. The average molecular weight is 376 g/mol. The Morgan fingerprint density at radius 3 is 2.52 bits per heavy atom. The maximum atomic E-state index is 13.2. The molecule has 0 heterocycles. The number of alkyl halides is 1. The average Bonchev–Trinajstić information content (AvgIpc) is 2.45. The molecule has 1 atom stereocenters. The van der Waals surface area contributed by atoms with Gasteiger partial charge in [-0.25, -0.2) is 8.78 Å². The first-order chi connectivity index (χ1) is 9.92. The van der Waals surface area contributed by atoms with E-state index in [4.69, 9.17) is 16.3 Å². The largest absolute Gasteiger partial charge is 0.496 e. The molecule has 0 spiro atoms. The third-order valence-corrected chi connectivity index (χ3v) is 4.49. The predicted molar refractivity (Wildman–Crippen MR) is 84.1 cm³/mol. The van der Waals surface area contributed by atoms with Crippen LogP contribution in [0.4, 0.5) is 8.78 Å². The molecule has 5 heteroatoms. The van der Waals surface area contributed by atoms with E-state index in [9.17, 15) is 8.78 Å². The van der Waals surface area contributed by atoms with Gasteiger partial charge in [0.15, 0.2) is 11.6 Å². The van der Waals surface area contributed by atoms with Crippen LogP contribution in [0.3, 0.4) is 0 Å². The molecular formula is C16H14BrClF2O. The summed E-state index contributed by atoms with van der Waals surface area (Å²) < 4.78 is 32.5. The number of hydrogen-bond acceptors (Lipinski definition) is 1. The molecule has 0 N–H and O–H groups in total. The number of ether oxygens (including phenoxy) is 1. The van der Waals surface area contributed by atoms with Crippen molar-refractivity contribution in [2.75, 3.05) is 7.11 Å². The van der Waals surface area contributed by atoms with Crippen molar-refractivity contribution in [1.82, 2.24) is 0 Å². The van der Waals surface area contributed by atoms with E-state index in [2.05, 4.69) is 15.9 Å². The highest BCUT2D eigenvalue weighted by Gasteiger charge is 2.17. The van der Waals surface area contributed by atoms with Crippen molar-refractivity contribution in [1.29, 1.82) is 0 Å². The van der Waals surface area contributed by atoms with E-state index in [1.807, 2.05) is 19.1 Å². The molecule has 21 heavy (non-hydrogen) atoms. The third kappa shape index (κ3) is 3.74. The summed E-state index contributed by atoms with van der Waals surface area (Å²) in [5, 5.41) is -0.401. The Balaban J connectivity index is 2.29. The molecule has 2 rings (SSSR count). The Morgan fingerprint density at radius 1 is 1.19 bits per heavy atom. The molecule has 0 radical (unpaired) electrons. The molecule has 2 aromatic rings. The minimum Gasteiger partial charge on any atom is -0.496 e. The van der Waals surface area contributed by atoms with Crippen molar-refractivity contribution < 1.29 is 13.5 Å². The molecule has 0 aromatic heterocycles. The molecule has 0 saturated carbocycles. The Bertz CT molecular complexity index is 661. The first-order valence-electron chi connectivity index (χ1n) is 6.34. The number of aryl methyl sites for hydroxylation is 1. The Hall–Kier alpha value is -1.13. The van der Waals surface area contributed by atoms with Crippen LogP contribution in [0.25, 0.3) is 0 Å². The lowest BCUT2D eigenvalue weighted by atomic mass is 10.0. The SMILES string of the molecule is COc1cc(C)c(Br)cc1C(Cl)Cc1ccc(F)c(F)c1. The lowest BCUT2D eigenvalue weighted by Gasteiger charge is -2.16. The van der Waals surface area contributed by atoms with Crippen LogP contribution < -0.4 is 4.74 Å². The van der Waals surface area contributed by atoms with Crippen LogP contribution >= 0.6 is 27.5 Å². The lowest BCUT2D eigenvalue weighted by Crippen LogP contribution is -2.01. The molecule has 0 aliphatic carbocycles. The molecule has 0 amide bonds. The highest BCUT2D eigenvalue weighted by molar-refractivity contribution is 9.10. The summed E-state index contributed by atoms with van der Waals surface area (Å²) in [7, 11) is 1.58. The second-order valence-corrected chi connectivity index (χ2v) is 6.14. The smallest absolute Gasteiger partial charge is 0.159 e. The molecule has 2 aromatic carbocycles. The van der Waals surface area contributed by atoms with Crippen molar-refractivity contribution in [2.45, 2.75) is 18.7 Å². The molecule has 0 bridgehead atoms. The van der Waals surface area contributed by atoms with Gasteiger partial charge < -0.3 is 4.74 Å². The third-order valence-electron chi connectivity index (χ3n) is 3.25. The Kier molecular flexibility index (Phi) is 5.22. The second kappa shape index (κ2) is 6.75. The van der Waals surface area contributed by atoms with E-state index in [0.717, 1.165) is 21.7 Å². The summed E-state index contributed by atoms with van der Waals surface area (Å²) in [5.41, 5.74) is 2.47. The van der Waals surface area contributed by atoms with E-state index in [-0.39, 0.29) is 0 Å². The van der Waals surface area contributed by atoms with Crippen LogP contribution in [0, 0.1) is 18.6 Å². The molecule has 0 saturated heterocycles. The fraction of sp³-hybridized carbons (Fsp3) is 0.250. The zero-order chi connectivity index (χ0) is 15.6. The molecule has 0 fully saturated rings. The van der Waals surface area contributed by atoms with Crippen molar-refractivity contribution in [3.8, 4) is 5.75 Å². The van der Waals surface area contributed by atoms with Gasteiger partial charge in [-0.2, -0.15) is 0 Å². The minimum absolute atomic E-state index is 0.380. The van der Waals surface area contributed by atoms with Gasteiger partial charge in [0.2, 0.25) is 0 Å². The van der Waals surface area contributed by atoms with Crippen LogP contribution in [0.5, 0.6) is 5.75 Å². The number of benzene rings is 2. The summed E-state index contributed by atoms with van der Waals surface area (Å²) in [6.07, 6.45) is 0.380. The van der Waals surface area contributed by atoms with Gasteiger partial charge in [-0.1, -0.05) is 22.0 Å². The zero-order valence-electron chi connectivity index (χ0n) is 11.6. The second-order valence-electron chi connectivity index (χ2n) is 4.76. The van der Waals surface area contributed by atoms with Crippen LogP contribution in [0.15, 0.2) is 34.8 Å². The molecular weight excluding hydrogens is 362 g/mol. The van der Waals surface area contributed by atoms with Crippen molar-refractivity contribution in [3.05, 3.63) is 63.1 Å². The number of methoxy groups -OCH3 is 1. The van der Waals surface area contributed by atoms with Crippen molar-refractivity contribution >= 4 is 27.5 Å². The topological polar surface area (TPSA) is 9.23 Å². The summed E-state index contributed by atoms with van der Waals surface area (Å²) >= 11 is 9.88. The number of rotatable bonds is 4. The normalized spacial score (nSPS) is 12.3. The molecule has 1 unspecified atom stereocenters. The van der Waals surface area contributed by atoms with Gasteiger partial charge in [0.25, 0.3) is 0 Å². The van der Waals surface area contributed by atoms with Crippen molar-refractivity contribution in [2.24, 2.45) is 0 Å². The number of hydrogen-bond donors (Lipinski definition) is 0. The van der Waals surface area contributed by atoms with Gasteiger partial charge in [0.1, 0.15) is 5.75 Å². The van der Waals surface area contributed by atoms with Crippen LogP contribution in [0.2, 0.25) is 0 Å². The molecule has 0 aliphatic heterocycles. The highest BCUT2D eigenvalue weighted by atomic mass is 79.9. The summed E-state index contributed by atoms with van der Waals surface area (Å²) in [6, 6.07) is 7.59. The fourth-order valence-electron chi connectivity index (χ4n) is 2.08. The monoisotopic (exact) mass is 374 g/mol. The van der Waals surface area contributed by atoms with Crippen molar-refractivity contribution in [3.63, 3.8) is 0 Å². The van der Waals surface area contributed by atoms with Crippen LogP contribution in [-0.4, -0.2) is 7.11 Å². The van der Waals surface area contributed by atoms with Crippen LogP contribution in [-0.2, 0) is 6.42 Å². The summed E-state index contributed by atoms with van der Waals surface area (Å²) in [6.45, 7) is 1.95. The van der Waals surface area contributed by atoms with Gasteiger partial charge in [0, 0.05) is 10.0 Å². The first-order valence-corrected chi connectivity index (χ1v) is 7.57. The Labute approximate surface area is 136 Å². The van der Waals surface area contributed by atoms with Gasteiger partial charge in [-0.15, -0.1) is 11.6 Å². The standard InChI is InChI=1S/C16H14BrClF2O/c1-9-5-16(21-2)11(8-12(9)17)13(18)6-10-3-4-14(19)15(20)7-10/h3-5,7-8,13H,6H2,1-2H3. The van der Waals surface area contributed by atoms with E-state index in [0.29, 0.717) is 17.7 Å². The van der Waals surface area contributed by atoms with Crippen LogP contribution in [0.1, 0.15) is 22.1 Å². The van der Waals surface area contributed by atoms with Gasteiger partial charge in [-0.05, 0) is 48.7 Å². The molecule has 112 valence electrons. The quantitative estimate of drug-likeness (QED) is 0.635. The van der Waals surface area contributed by atoms with E-state index < -0.39 is 17.0 Å². The Morgan fingerprint density at radius 2 is 1.90 bits per heavy atom. The van der Waals surface area contributed by atoms with E-state index in [1.54, 1.807) is 7.11 Å². The van der Waals surface area contributed by atoms with E-state index >= 15 is 0 Å². The minimum atomic E-state index is -0.867. The van der Waals surface area contributed by atoms with Gasteiger partial charge >= 0.3 is 0 Å². The first kappa shape index (κ1) is 16.2. The molecule has 1 nitrogen and oxygen atoms in total. The lowest BCUT2D eigenvalue weighted by molar-refractivity contribution is 0.408. The summed E-state index contributed by atoms with van der Waals surface area (Å²) in [4.78, 5) is 0. The fourth-order valence-corrected chi connectivity index (χ4v) is 2.79. The summed E-state index contributed by atoms with van der Waals surface area (Å²) in [5.74, 6) is -1.05. The number of halogens is 4. The zero-order valence-corrected chi connectivity index (χ0v) is 13.9. The maximum absolute atomic E-state index is 13.2.